The molecule has 1 aromatic carbocycles. The van der Waals surface area contributed by atoms with Gasteiger partial charge in [-0.25, -0.2) is 4.98 Å². The van der Waals surface area contributed by atoms with Gasteiger partial charge in [0.2, 0.25) is 0 Å². The van der Waals surface area contributed by atoms with Crippen LogP contribution in [0.1, 0.15) is 5.89 Å². The number of alkyl halides is 3. The second-order valence-corrected chi connectivity index (χ2v) is 4.01. The normalized spacial score (nSPS) is 12.3. The molecular formula is C8H3BrClF2NO. The van der Waals surface area contributed by atoms with E-state index >= 15 is 0 Å². The van der Waals surface area contributed by atoms with Gasteiger partial charge in [0, 0.05) is 15.9 Å². The van der Waals surface area contributed by atoms with Crippen LogP contribution in [0.25, 0.3) is 11.1 Å². The number of para-hydroxylation sites is 1. The maximum absolute atomic E-state index is 12.7. The fourth-order valence-electron chi connectivity index (χ4n) is 1.04. The molecule has 1 heterocycles. The monoisotopic (exact) mass is 281 g/mol. The van der Waals surface area contributed by atoms with Gasteiger partial charge < -0.3 is 4.42 Å². The Morgan fingerprint density at radius 3 is 2.71 bits per heavy atom. The Kier molecular flexibility index (Phi) is 2.23. The molecule has 0 aliphatic carbocycles. The van der Waals surface area contributed by atoms with Crippen LogP contribution in [0.3, 0.4) is 0 Å². The molecule has 2 rings (SSSR count). The molecule has 1 aromatic heterocycles. The van der Waals surface area contributed by atoms with Crippen LogP contribution in [0.4, 0.5) is 8.78 Å². The molecule has 0 N–H and O–H groups in total. The van der Waals surface area contributed by atoms with Crippen molar-refractivity contribution in [3.8, 4) is 0 Å². The van der Waals surface area contributed by atoms with Gasteiger partial charge in [-0.05, 0) is 12.1 Å². The van der Waals surface area contributed by atoms with E-state index in [4.69, 9.17) is 16.0 Å². The van der Waals surface area contributed by atoms with Gasteiger partial charge in [0.25, 0.3) is 5.89 Å². The summed E-state index contributed by atoms with van der Waals surface area (Å²) in [5.41, 5.74) is 0.481. The van der Waals surface area contributed by atoms with Crippen LogP contribution in [0.15, 0.2) is 22.6 Å². The average Bonchev–Trinajstić information content (AvgIpc) is 2.48. The molecular weight excluding hydrogens is 279 g/mol. The number of aromatic nitrogens is 1. The molecule has 6 heteroatoms. The van der Waals surface area contributed by atoms with Gasteiger partial charge in [0.15, 0.2) is 5.58 Å². The van der Waals surface area contributed by atoms with Crippen LogP contribution in [-0.4, -0.2) is 4.98 Å². The number of rotatable bonds is 1. The van der Waals surface area contributed by atoms with Crippen molar-refractivity contribution in [2.24, 2.45) is 0 Å². The second-order valence-electron chi connectivity index (χ2n) is 2.60. The van der Waals surface area contributed by atoms with Gasteiger partial charge in [-0.3, -0.25) is 0 Å². The van der Waals surface area contributed by atoms with Gasteiger partial charge >= 0.3 is 4.83 Å². The molecule has 0 spiro atoms. The minimum absolute atomic E-state index is 0.239. The first-order valence-electron chi connectivity index (χ1n) is 3.61. The second kappa shape index (κ2) is 3.17. The first-order chi connectivity index (χ1) is 6.48. The number of halogens is 4. The zero-order chi connectivity index (χ0) is 10.3. The van der Waals surface area contributed by atoms with Gasteiger partial charge in [-0.1, -0.05) is 17.7 Å². The molecule has 0 atom stereocenters. The molecule has 2 aromatic rings. The lowest BCUT2D eigenvalue weighted by Crippen LogP contribution is -2.01. The average molecular weight is 282 g/mol. The van der Waals surface area contributed by atoms with Crippen molar-refractivity contribution in [1.82, 2.24) is 4.98 Å². The fraction of sp³-hybridized carbons (Fsp3) is 0.125. The standard InChI is InChI=1S/C8H3BrClF2NO/c9-8(11,12)7-13-6-4(10)2-1-3-5(6)14-7/h1-3H. The SMILES string of the molecule is FC(F)(Br)c1nc2c(Cl)cccc2o1. The molecule has 0 bridgehead atoms. The summed E-state index contributed by atoms with van der Waals surface area (Å²) < 4.78 is 30.3. The van der Waals surface area contributed by atoms with E-state index in [2.05, 4.69) is 20.9 Å². The minimum atomic E-state index is -3.27. The van der Waals surface area contributed by atoms with E-state index in [1.807, 2.05) is 0 Å². The van der Waals surface area contributed by atoms with Crippen molar-refractivity contribution in [1.29, 1.82) is 0 Å². The highest BCUT2D eigenvalue weighted by Crippen LogP contribution is 2.36. The Morgan fingerprint density at radius 1 is 1.43 bits per heavy atom. The van der Waals surface area contributed by atoms with Crippen LogP contribution in [0, 0.1) is 0 Å². The van der Waals surface area contributed by atoms with Crippen LogP contribution < -0.4 is 0 Å². The molecule has 14 heavy (non-hydrogen) atoms. The summed E-state index contributed by atoms with van der Waals surface area (Å²) in [5, 5.41) is 0.286. The van der Waals surface area contributed by atoms with E-state index in [9.17, 15) is 8.78 Å². The predicted molar refractivity (Wildman–Crippen MR) is 51.8 cm³/mol. The van der Waals surface area contributed by atoms with Crippen molar-refractivity contribution < 1.29 is 13.2 Å². The first kappa shape index (κ1) is 9.86. The summed E-state index contributed by atoms with van der Waals surface area (Å²) in [6, 6.07) is 4.69. The summed E-state index contributed by atoms with van der Waals surface area (Å²) in [6.45, 7) is 0. The molecule has 0 radical (unpaired) electrons. The topological polar surface area (TPSA) is 26.0 Å². The Morgan fingerprint density at radius 2 is 2.14 bits per heavy atom. The first-order valence-corrected chi connectivity index (χ1v) is 4.78. The Hall–Kier alpha value is -0.680. The smallest absolute Gasteiger partial charge is 0.375 e. The lowest BCUT2D eigenvalue weighted by Gasteiger charge is -1.99. The van der Waals surface area contributed by atoms with Gasteiger partial charge in [0.1, 0.15) is 5.52 Å². The van der Waals surface area contributed by atoms with E-state index in [1.54, 1.807) is 12.1 Å². The van der Waals surface area contributed by atoms with Crippen molar-refractivity contribution in [3.63, 3.8) is 0 Å². The van der Waals surface area contributed by atoms with Gasteiger partial charge in [-0.15, -0.1) is 0 Å². The third-order valence-electron chi connectivity index (χ3n) is 1.61. The molecule has 0 amide bonds. The van der Waals surface area contributed by atoms with Crippen LogP contribution >= 0.6 is 27.5 Å². The maximum Gasteiger partial charge on any atom is 0.375 e. The number of hydrogen-bond donors (Lipinski definition) is 0. The fourth-order valence-corrected chi connectivity index (χ4v) is 1.41. The van der Waals surface area contributed by atoms with E-state index in [-0.39, 0.29) is 16.1 Å². The zero-order valence-electron chi connectivity index (χ0n) is 6.60. The molecule has 0 aliphatic heterocycles. The lowest BCUT2D eigenvalue weighted by atomic mass is 10.3. The number of hydrogen-bond acceptors (Lipinski definition) is 2. The number of benzene rings is 1. The summed E-state index contributed by atoms with van der Waals surface area (Å²) in [6.07, 6.45) is 0. The van der Waals surface area contributed by atoms with E-state index in [0.717, 1.165) is 0 Å². The zero-order valence-corrected chi connectivity index (χ0v) is 8.94. The Labute approximate surface area is 91.0 Å². The largest absolute Gasteiger partial charge is 0.434 e. The maximum atomic E-state index is 12.7. The third-order valence-corrected chi connectivity index (χ3v) is 2.26. The van der Waals surface area contributed by atoms with Crippen LogP contribution in [0.2, 0.25) is 5.02 Å². The predicted octanol–water partition coefficient (Wildman–Crippen LogP) is 3.93. The van der Waals surface area contributed by atoms with Crippen LogP contribution in [-0.2, 0) is 4.83 Å². The molecule has 2 nitrogen and oxygen atoms in total. The highest BCUT2D eigenvalue weighted by atomic mass is 79.9. The number of fused-ring (bicyclic) bond motifs is 1. The Balaban J connectivity index is 2.69. The summed E-state index contributed by atoms with van der Waals surface area (Å²) in [4.78, 5) is 0.320. The molecule has 0 saturated heterocycles. The third kappa shape index (κ3) is 1.62. The van der Waals surface area contributed by atoms with E-state index in [1.165, 1.54) is 6.07 Å². The van der Waals surface area contributed by atoms with Gasteiger partial charge in [-0.2, -0.15) is 8.78 Å². The summed E-state index contributed by atoms with van der Waals surface area (Å²) >= 11 is 7.89. The highest BCUT2D eigenvalue weighted by molar-refractivity contribution is 9.09. The van der Waals surface area contributed by atoms with Gasteiger partial charge in [0.05, 0.1) is 5.02 Å². The highest BCUT2D eigenvalue weighted by Gasteiger charge is 2.34. The van der Waals surface area contributed by atoms with Crippen molar-refractivity contribution in [3.05, 3.63) is 29.1 Å². The summed E-state index contributed by atoms with van der Waals surface area (Å²) in [7, 11) is 0. The van der Waals surface area contributed by atoms with E-state index in [0.29, 0.717) is 0 Å². The molecule has 0 saturated carbocycles. The van der Waals surface area contributed by atoms with Crippen molar-refractivity contribution >= 4 is 38.6 Å². The molecule has 0 unspecified atom stereocenters. The quantitative estimate of drug-likeness (QED) is 0.741. The van der Waals surface area contributed by atoms with E-state index < -0.39 is 10.7 Å². The number of oxazole rings is 1. The van der Waals surface area contributed by atoms with Crippen LogP contribution in [0.5, 0.6) is 0 Å². The van der Waals surface area contributed by atoms with Crippen molar-refractivity contribution in [2.45, 2.75) is 4.83 Å². The molecule has 74 valence electrons. The van der Waals surface area contributed by atoms with Crippen molar-refractivity contribution in [2.75, 3.05) is 0 Å². The molecule has 0 fully saturated rings. The lowest BCUT2D eigenvalue weighted by molar-refractivity contribution is 0.0824. The molecule has 0 aliphatic rings. The minimum Gasteiger partial charge on any atom is -0.434 e. The summed E-state index contributed by atoms with van der Waals surface area (Å²) in [5.74, 6) is -0.694. The number of nitrogens with zero attached hydrogens (tertiary/aromatic N) is 1. The Bertz CT molecular complexity index is 480.